The first-order chi connectivity index (χ1) is 20.1. The molecule has 0 bridgehead atoms. The van der Waals surface area contributed by atoms with E-state index in [-0.39, 0.29) is 17.6 Å². The first-order valence-corrected chi connectivity index (χ1v) is 13.1. The summed E-state index contributed by atoms with van der Waals surface area (Å²) in [6.45, 7) is 2.05. The van der Waals surface area contributed by atoms with Crippen LogP contribution in [0.25, 0.3) is 38.5 Å². The van der Waals surface area contributed by atoms with Crippen molar-refractivity contribution >= 4 is 27.5 Å². The molecule has 3 aromatic heterocycles. The molecule has 200 valence electrons. The van der Waals surface area contributed by atoms with Gasteiger partial charge < -0.3 is 10.1 Å². The topological polar surface area (TPSA) is 119 Å². The molecule has 0 saturated heterocycles. The Balaban J connectivity index is 1.56. The molecule has 0 aliphatic carbocycles. The Morgan fingerprint density at radius 1 is 0.976 bits per heavy atom. The number of rotatable bonds is 7. The monoisotopic (exact) mass is 539 g/mol. The average molecular weight is 540 g/mol. The van der Waals surface area contributed by atoms with Gasteiger partial charge in [-0.3, -0.25) is 9.36 Å². The van der Waals surface area contributed by atoms with Gasteiger partial charge in [-0.2, -0.15) is 5.26 Å². The summed E-state index contributed by atoms with van der Waals surface area (Å²) in [5.74, 6) is 0.593. The third-order valence-electron chi connectivity index (χ3n) is 7.05. The SMILES string of the molecule is CC[C@H](Nc1ncnc2ccc(C#N)cc12)c1cc2cccc(-c3cnc(OC)nc3)c2c(=O)n1-c1ccccc1. The molecule has 1 atom stereocenters. The van der Waals surface area contributed by atoms with E-state index in [0.717, 1.165) is 33.2 Å². The van der Waals surface area contributed by atoms with Gasteiger partial charge in [0.05, 0.1) is 35.7 Å². The number of methoxy groups -OCH3 is 1. The van der Waals surface area contributed by atoms with Crippen LogP contribution in [-0.2, 0) is 0 Å². The predicted molar refractivity (Wildman–Crippen MR) is 158 cm³/mol. The molecular weight excluding hydrogens is 514 g/mol. The highest BCUT2D eigenvalue weighted by molar-refractivity contribution is 5.96. The molecule has 0 aliphatic heterocycles. The lowest BCUT2D eigenvalue weighted by Crippen LogP contribution is -2.27. The highest BCUT2D eigenvalue weighted by atomic mass is 16.5. The van der Waals surface area contributed by atoms with Crippen LogP contribution in [0, 0.1) is 11.3 Å². The maximum Gasteiger partial charge on any atom is 0.316 e. The minimum Gasteiger partial charge on any atom is -0.467 e. The largest absolute Gasteiger partial charge is 0.467 e. The summed E-state index contributed by atoms with van der Waals surface area (Å²) < 4.78 is 6.87. The summed E-state index contributed by atoms with van der Waals surface area (Å²) in [4.78, 5) is 31.8. The molecular formula is C32H25N7O2. The Hall–Kier alpha value is -5.62. The predicted octanol–water partition coefficient (Wildman–Crippen LogP) is 5.83. The van der Waals surface area contributed by atoms with Gasteiger partial charge in [-0.1, -0.05) is 43.3 Å². The molecule has 6 aromatic rings. The lowest BCUT2D eigenvalue weighted by molar-refractivity contribution is 0.380. The Labute approximate surface area is 235 Å². The highest BCUT2D eigenvalue weighted by Gasteiger charge is 2.21. The standard InChI is InChI=1S/C32H25N7O2/c1-3-26(38-30-25-14-20(16-33)12-13-27(25)36-19-37-30)28-15-21-8-7-11-24(22-17-34-32(41-2)35-18-22)29(21)31(40)39(28)23-9-5-4-6-10-23/h4-15,17-19,26H,3H2,1-2H3,(H,36,37,38)/t26-/m0/s1. The fourth-order valence-corrected chi connectivity index (χ4v) is 5.07. The third-order valence-corrected chi connectivity index (χ3v) is 7.05. The summed E-state index contributed by atoms with van der Waals surface area (Å²) in [5.41, 5.74) is 4.06. The number of pyridine rings is 1. The lowest BCUT2D eigenvalue weighted by Gasteiger charge is -2.24. The second kappa shape index (κ2) is 10.9. The molecule has 0 aliphatic rings. The number of nitrogens with zero attached hydrogens (tertiary/aromatic N) is 6. The van der Waals surface area contributed by atoms with Gasteiger partial charge in [0, 0.05) is 34.7 Å². The number of nitrogens with one attached hydrogen (secondary N) is 1. The lowest BCUT2D eigenvalue weighted by atomic mass is 9.98. The zero-order valence-electron chi connectivity index (χ0n) is 22.4. The number of para-hydroxylation sites is 1. The Morgan fingerprint density at radius 2 is 1.78 bits per heavy atom. The van der Waals surface area contributed by atoms with E-state index in [1.54, 1.807) is 29.1 Å². The zero-order valence-corrected chi connectivity index (χ0v) is 22.4. The van der Waals surface area contributed by atoms with Gasteiger partial charge in [0.15, 0.2) is 0 Å². The minimum atomic E-state index is -0.288. The van der Waals surface area contributed by atoms with Crippen LogP contribution < -0.4 is 15.6 Å². The Bertz CT molecular complexity index is 1980. The van der Waals surface area contributed by atoms with Crippen LogP contribution in [0.1, 0.15) is 30.6 Å². The van der Waals surface area contributed by atoms with Crippen LogP contribution in [0.5, 0.6) is 6.01 Å². The molecule has 0 fully saturated rings. The van der Waals surface area contributed by atoms with Crippen molar-refractivity contribution in [2.75, 3.05) is 12.4 Å². The van der Waals surface area contributed by atoms with Crippen LogP contribution in [0.3, 0.4) is 0 Å². The zero-order chi connectivity index (χ0) is 28.3. The van der Waals surface area contributed by atoms with Crippen molar-refractivity contribution in [1.29, 1.82) is 5.26 Å². The van der Waals surface area contributed by atoms with Gasteiger partial charge >= 0.3 is 6.01 Å². The van der Waals surface area contributed by atoms with Crippen molar-refractivity contribution in [3.63, 3.8) is 0 Å². The summed E-state index contributed by atoms with van der Waals surface area (Å²) in [6, 6.07) is 24.9. The van der Waals surface area contributed by atoms with E-state index in [4.69, 9.17) is 4.74 Å². The number of benzene rings is 3. The fourth-order valence-electron chi connectivity index (χ4n) is 5.07. The number of anilines is 1. The van der Waals surface area contributed by atoms with Gasteiger partial charge in [0.2, 0.25) is 0 Å². The van der Waals surface area contributed by atoms with Crippen molar-refractivity contribution < 1.29 is 4.74 Å². The van der Waals surface area contributed by atoms with Gasteiger partial charge in [0.1, 0.15) is 12.1 Å². The molecule has 0 amide bonds. The van der Waals surface area contributed by atoms with Crippen LogP contribution in [-0.4, -0.2) is 31.6 Å². The van der Waals surface area contributed by atoms with Crippen LogP contribution >= 0.6 is 0 Å². The van der Waals surface area contributed by atoms with E-state index < -0.39 is 0 Å². The van der Waals surface area contributed by atoms with E-state index in [2.05, 4.69) is 38.2 Å². The van der Waals surface area contributed by atoms with Crippen molar-refractivity contribution in [3.05, 3.63) is 113 Å². The Kier molecular flexibility index (Phi) is 6.80. The molecule has 9 nitrogen and oxygen atoms in total. The molecule has 6 rings (SSSR count). The van der Waals surface area contributed by atoms with E-state index in [0.29, 0.717) is 28.8 Å². The van der Waals surface area contributed by atoms with Crippen molar-refractivity contribution in [2.45, 2.75) is 19.4 Å². The molecule has 1 N–H and O–H groups in total. The van der Waals surface area contributed by atoms with E-state index in [1.807, 2.05) is 60.7 Å². The first-order valence-electron chi connectivity index (χ1n) is 13.1. The molecule has 3 aromatic carbocycles. The molecule has 0 saturated carbocycles. The molecule has 41 heavy (non-hydrogen) atoms. The maximum atomic E-state index is 14.4. The summed E-state index contributed by atoms with van der Waals surface area (Å²) in [7, 11) is 1.51. The number of aromatic nitrogens is 5. The quantitative estimate of drug-likeness (QED) is 0.269. The number of hydrogen-bond donors (Lipinski definition) is 1. The van der Waals surface area contributed by atoms with E-state index >= 15 is 0 Å². The highest BCUT2D eigenvalue weighted by Crippen LogP contribution is 2.32. The fraction of sp³-hybridized carbons (Fsp3) is 0.125. The van der Waals surface area contributed by atoms with Crippen molar-refractivity contribution in [1.82, 2.24) is 24.5 Å². The Morgan fingerprint density at radius 3 is 2.51 bits per heavy atom. The van der Waals surface area contributed by atoms with Crippen LogP contribution in [0.15, 0.2) is 96.3 Å². The number of hydrogen-bond acceptors (Lipinski definition) is 8. The van der Waals surface area contributed by atoms with Gasteiger partial charge in [-0.15, -0.1) is 0 Å². The summed E-state index contributed by atoms with van der Waals surface area (Å²) in [6.07, 6.45) is 5.48. The second-order valence-electron chi connectivity index (χ2n) is 9.44. The average Bonchev–Trinajstić information content (AvgIpc) is 3.03. The summed E-state index contributed by atoms with van der Waals surface area (Å²) >= 11 is 0. The first kappa shape index (κ1) is 25.6. The molecule has 9 heteroatoms. The second-order valence-corrected chi connectivity index (χ2v) is 9.44. The van der Waals surface area contributed by atoms with Gasteiger partial charge in [0.25, 0.3) is 5.56 Å². The normalized spacial score (nSPS) is 11.7. The molecule has 3 heterocycles. The summed E-state index contributed by atoms with van der Waals surface area (Å²) in [5, 5.41) is 15.1. The molecule has 0 radical (unpaired) electrons. The number of nitriles is 1. The van der Waals surface area contributed by atoms with Crippen molar-refractivity contribution in [2.24, 2.45) is 0 Å². The minimum absolute atomic E-state index is 0.158. The smallest absolute Gasteiger partial charge is 0.316 e. The van der Waals surface area contributed by atoms with Crippen LogP contribution in [0.4, 0.5) is 5.82 Å². The third kappa shape index (κ3) is 4.72. The van der Waals surface area contributed by atoms with Gasteiger partial charge in [-0.25, -0.2) is 19.9 Å². The van der Waals surface area contributed by atoms with E-state index in [1.165, 1.54) is 13.4 Å². The van der Waals surface area contributed by atoms with E-state index in [9.17, 15) is 10.1 Å². The molecule has 0 unspecified atom stereocenters. The number of ether oxygens (including phenoxy) is 1. The van der Waals surface area contributed by atoms with Crippen molar-refractivity contribution in [3.8, 4) is 28.9 Å². The number of fused-ring (bicyclic) bond motifs is 2. The molecule has 0 spiro atoms. The van der Waals surface area contributed by atoms with Gasteiger partial charge in [-0.05, 0) is 53.8 Å². The maximum absolute atomic E-state index is 14.4. The van der Waals surface area contributed by atoms with Crippen LogP contribution in [0.2, 0.25) is 0 Å².